The van der Waals surface area contributed by atoms with Gasteiger partial charge in [0.15, 0.2) is 6.61 Å². The van der Waals surface area contributed by atoms with Gasteiger partial charge in [-0.25, -0.2) is 4.79 Å². The van der Waals surface area contributed by atoms with Gasteiger partial charge in [-0.05, 0) is 30.3 Å². The molecule has 1 heterocycles. The maximum absolute atomic E-state index is 12.2. The fourth-order valence-electron chi connectivity index (χ4n) is 2.18. The number of hydrogen-bond acceptors (Lipinski definition) is 3. The Hall–Kier alpha value is -2.40. The number of ketones is 1. The number of H-pyrrole nitrogens is 1. The lowest BCUT2D eigenvalue weighted by molar-refractivity contribution is 0.0475. The molecule has 0 fully saturated rings. The van der Waals surface area contributed by atoms with E-state index in [0.29, 0.717) is 11.1 Å². The van der Waals surface area contributed by atoms with Crippen LogP contribution in [-0.4, -0.2) is 23.3 Å². The zero-order chi connectivity index (χ0) is 15.5. The van der Waals surface area contributed by atoms with Crippen LogP contribution in [0.1, 0.15) is 20.7 Å². The largest absolute Gasteiger partial charge is 0.454 e. The van der Waals surface area contributed by atoms with E-state index in [2.05, 4.69) is 20.9 Å². The molecule has 3 rings (SSSR count). The van der Waals surface area contributed by atoms with Gasteiger partial charge in [0.1, 0.15) is 0 Å². The van der Waals surface area contributed by atoms with Crippen LogP contribution >= 0.6 is 15.9 Å². The van der Waals surface area contributed by atoms with Gasteiger partial charge in [0.25, 0.3) is 0 Å². The van der Waals surface area contributed by atoms with E-state index in [0.717, 1.165) is 15.4 Å². The summed E-state index contributed by atoms with van der Waals surface area (Å²) >= 11 is 3.30. The molecule has 110 valence electrons. The fourth-order valence-corrected chi connectivity index (χ4v) is 2.44. The topological polar surface area (TPSA) is 59.2 Å². The molecular formula is C17H12BrNO3. The lowest BCUT2D eigenvalue weighted by Gasteiger charge is -2.04. The van der Waals surface area contributed by atoms with Gasteiger partial charge in [-0.3, -0.25) is 4.79 Å². The minimum absolute atomic E-state index is 0.233. The molecule has 5 heteroatoms. The molecule has 0 bridgehead atoms. The van der Waals surface area contributed by atoms with E-state index in [1.165, 1.54) is 0 Å². The highest BCUT2D eigenvalue weighted by atomic mass is 79.9. The Morgan fingerprint density at radius 2 is 1.77 bits per heavy atom. The number of aromatic nitrogens is 1. The van der Waals surface area contributed by atoms with Crippen molar-refractivity contribution in [3.8, 4) is 0 Å². The first kappa shape index (κ1) is 14.5. The number of rotatable bonds is 4. The predicted molar refractivity (Wildman–Crippen MR) is 87.1 cm³/mol. The summed E-state index contributed by atoms with van der Waals surface area (Å²) in [6.07, 6.45) is 1.64. The highest BCUT2D eigenvalue weighted by Gasteiger charge is 2.15. The molecule has 1 N–H and O–H groups in total. The van der Waals surface area contributed by atoms with Crippen LogP contribution in [0.5, 0.6) is 0 Å². The molecule has 2 aromatic carbocycles. The lowest BCUT2D eigenvalue weighted by atomic mass is 10.1. The van der Waals surface area contributed by atoms with E-state index in [9.17, 15) is 9.59 Å². The molecule has 1 aromatic heterocycles. The standard InChI is InChI=1S/C17H12BrNO3/c18-12-7-5-11(6-8-12)17(21)22-10-16(20)14-9-19-15-4-2-1-3-13(14)15/h1-9,19H,10H2. The van der Waals surface area contributed by atoms with E-state index >= 15 is 0 Å². The second-order valence-corrected chi connectivity index (χ2v) is 5.67. The molecule has 0 aliphatic heterocycles. The van der Waals surface area contributed by atoms with Crippen molar-refractivity contribution < 1.29 is 14.3 Å². The molecule has 0 saturated heterocycles. The van der Waals surface area contributed by atoms with Crippen molar-refractivity contribution in [2.24, 2.45) is 0 Å². The third kappa shape index (κ3) is 2.94. The Kier molecular flexibility index (Phi) is 4.06. The van der Waals surface area contributed by atoms with Crippen molar-refractivity contribution in [1.29, 1.82) is 0 Å². The van der Waals surface area contributed by atoms with Crippen LogP contribution in [0, 0.1) is 0 Å². The van der Waals surface area contributed by atoms with Crippen molar-refractivity contribution in [3.63, 3.8) is 0 Å². The highest BCUT2D eigenvalue weighted by molar-refractivity contribution is 9.10. The van der Waals surface area contributed by atoms with Gasteiger partial charge < -0.3 is 9.72 Å². The molecule has 0 radical (unpaired) electrons. The van der Waals surface area contributed by atoms with Crippen LogP contribution in [-0.2, 0) is 4.74 Å². The molecule has 0 saturated carbocycles. The first-order valence-electron chi connectivity index (χ1n) is 6.67. The molecule has 3 aromatic rings. The maximum Gasteiger partial charge on any atom is 0.338 e. The van der Waals surface area contributed by atoms with Gasteiger partial charge in [-0.2, -0.15) is 0 Å². The third-order valence-electron chi connectivity index (χ3n) is 3.30. The van der Waals surface area contributed by atoms with Crippen molar-refractivity contribution in [1.82, 2.24) is 4.98 Å². The minimum Gasteiger partial charge on any atom is -0.454 e. The Bertz CT molecular complexity index is 836. The van der Waals surface area contributed by atoms with Gasteiger partial charge in [0, 0.05) is 27.1 Å². The summed E-state index contributed by atoms with van der Waals surface area (Å²) in [5, 5.41) is 0.826. The Labute approximate surface area is 135 Å². The Morgan fingerprint density at radius 1 is 1.05 bits per heavy atom. The van der Waals surface area contributed by atoms with Crippen LogP contribution in [0.25, 0.3) is 10.9 Å². The Balaban J connectivity index is 1.70. The zero-order valence-corrected chi connectivity index (χ0v) is 13.1. The predicted octanol–water partition coefficient (Wildman–Crippen LogP) is 3.97. The fraction of sp³-hybridized carbons (Fsp3) is 0.0588. The SMILES string of the molecule is O=C(OCC(=O)c1c[nH]c2ccccc12)c1ccc(Br)cc1. The van der Waals surface area contributed by atoms with Crippen LogP contribution < -0.4 is 0 Å². The van der Waals surface area contributed by atoms with Gasteiger partial charge in [0.05, 0.1) is 5.56 Å². The van der Waals surface area contributed by atoms with E-state index < -0.39 is 5.97 Å². The second-order valence-electron chi connectivity index (χ2n) is 4.75. The molecule has 0 amide bonds. The molecule has 0 unspecified atom stereocenters. The number of carbonyl (C=O) groups is 2. The van der Waals surface area contributed by atoms with Gasteiger partial charge in [-0.1, -0.05) is 34.1 Å². The third-order valence-corrected chi connectivity index (χ3v) is 3.83. The number of nitrogens with one attached hydrogen (secondary N) is 1. The molecule has 0 aliphatic rings. The molecule has 4 nitrogen and oxygen atoms in total. The molecular weight excluding hydrogens is 346 g/mol. The normalized spacial score (nSPS) is 10.6. The number of hydrogen-bond donors (Lipinski definition) is 1. The number of aromatic amines is 1. The average molecular weight is 358 g/mol. The Morgan fingerprint density at radius 3 is 2.55 bits per heavy atom. The summed E-state index contributed by atoms with van der Waals surface area (Å²) in [5.74, 6) is -0.747. The number of para-hydroxylation sites is 1. The number of Topliss-reactive ketones (excluding diaryl/α,β-unsaturated/α-hetero) is 1. The van der Waals surface area contributed by atoms with Crippen molar-refractivity contribution in [2.45, 2.75) is 0 Å². The van der Waals surface area contributed by atoms with Crippen molar-refractivity contribution in [2.75, 3.05) is 6.61 Å². The number of benzene rings is 2. The summed E-state index contributed by atoms with van der Waals surface area (Å²) in [7, 11) is 0. The molecule has 22 heavy (non-hydrogen) atoms. The maximum atomic E-state index is 12.2. The summed E-state index contributed by atoms with van der Waals surface area (Å²) in [5.41, 5.74) is 1.82. The van der Waals surface area contributed by atoms with Gasteiger partial charge in [-0.15, -0.1) is 0 Å². The quantitative estimate of drug-likeness (QED) is 0.567. The molecule has 0 spiro atoms. The number of esters is 1. The minimum atomic E-state index is -0.513. The monoisotopic (exact) mass is 357 g/mol. The van der Waals surface area contributed by atoms with Crippen molar-refractivity contribution in [3.05, 3.63) is 70.3 Å². The average Bonchev–Trinajstić information content (AvgIpc) is 2.97. The van der Waals surface area contributed by atoms with Crippen LogP contribution in [0.15, 0.2) is 59.2 Å². The summed E-state index contributed by atoms with van der Waals surface area (Å²) < 4.78 is 5.96. The molecule has 0 aliphatic carbocycles. The van der Waals surface area contributed by atoms with Crippen molar-refractivity contribution >= 4 is 38.6 Å². The summed E-state index contributed by atoms with van der Waals surface area (Å²) in [6, 6.07) is 14.3. The number of fused-ring (bicyclic) bond motifs is 1. The first-order valence-corrected chi connectivity index (χ1v) is 7.46. The smallest absolute Gasteiger partial charge is 0.338 e. The van der Waals surface area contributed by atoms with Gasteiger partial charge in [0.2, 0.25) is 5.78 Å². The summed E-state index contributed by atoms with van der Waals surface area (Å²) in [6.45, 7) is -0.281. The summed E-state index contributed by atoms with van der Waals surface area (Å²) in [4.78, 5) is 27.1. The van der Waals surface area contributed by atoms with E-state index in [-0.39, 0.29) is 12.4 Å². The van der Waals surface area contributed by atoms with Crippen LogP contribution in [0.3, 0.4) is 0 Å². The van der Waals surface area contributed by atoms with Crippen LogP contribution in [0.4, 0.5) is 0 Å². The number of ether oxygens (including phenoxy) is 1. The van der Waals surface area contributed by atoms with E-state index in [1.54, 1.807) is 30.5 Å². The first-order chi connectivity index (χ1) is 10.6. The highest BCUT2D eigenvalue weighted by Crippen LogP contribution is 2.18. The van der Waals surface area contributed by atoms with Crippen LogP contribution in [0.2, 0.25) is 0 Å². The number of carbonyl (C=O) groups excluding carboxylic acids is 2. The zero-order valence-electron chi connectivity index (χ0n) is 11.5. The van der Waals surface area contributed by atoms with E-state index in [1.807, 2.05) is 24.3 Å². The molecule has 0 atom stereocenters. The number of halogens is 1. The van der Waals surface area contributed by atoms with E-state index in [4.69, 9.17) is 4.74 Å². The van der Waals surface area contributed by atoms with Gasteiger partial charge >= 0.3 is 5.97 Å². The second kappa shape index (κ2) is 6.15. The lowest BCUT2D eigenvalue weighted by Crippen LogP contribution is -2.14.